The molecule has 1 aromatic rings. The lowest BCUT2D eigenvalue weighted by molar-refractivity contribution is 0.543. The third-order valence-electron chi connectivity index (χ3n) is 3.93. The standard InChI is InChI=1S/C18H29Br/c1-3-4-5-6-7-8-9-10-11-16(2)17-12-14-18(19)15-13-17/h12-16H,3-11H2,1-2H3. The van der Waals surface area contributed by atoms with E-state index in [4.69, 9.17) is 0 Å². The fourth-order valence-corrected chi connectivity index (χ4v) is 2.81. The van der Waals surface area contributed by atoms with Crippen molar-refractivity contribution in [1.29, 1.82) is 0 Å². The minimum absolute atomic E-state index is 0.702. The Morgan fingerprint density at radius 2 is 1.37 bits per heavy atom. The molecule has 0 nitrogen and oxygen atoms in total. The van der Waals surface area contributed by atoms with E-state index in [0.29, 0.717) is 5.92 Å². The van der Waals surface area contributed by atoms with E-state index in [1.54, 1.807) is 0 Å². The molecule has 0 amide bonds. The van der Waals surface area contributed by atoms with Crippen LogP contribution in [-0.2, 0) is 0 Å². The molecule has 0 N–H and O–H groups in total. The molecule has 0 aromatic heterocycles. The predicted molar refractivity (Wildman–Crippen MR) is 89.8 cm³/mol. The van der Waals surface area contributed by atoms with Crippen molar-refractivity contribution in [2.24, 2.45) is 0 Å². The highest BCUT2D eigenvalue weighted by Gasteiger charge is 2.04. The predicted octanol–water partition coefficient (Wildman–Crippen LogP) is 7.08. The number of rotatable bonds is 10. The molecule has 0 saturated heterocycles. The second-order valence-electron chi connectivity index (χ2n) is 5.72. The van der Waals surface area contributed by atoms with Crippen LogP contribution in [0.2, 0.25) is 0 Å². The molecule has 19 heavy (non-hydrogen) atoms. The smallest absolute Gasteiger partial charge is 0.0175 e. The zero-order valence-corrected chi connectivity index (χ0v) is 14.2. The van der Waals surface area contributed by atoms with Crippen molar-refractivity contribution in [3.05, 3.63) is 34.3 Å². The Bertz CT molecular complexity index is 315. The molecule has 0 fully saturated rings. The second kappa shape index (κ2) is 10.5. The molecule has 0 aliphatic rings. The quantitative estimate of drug-likeness (QED) is 0.403. The fourth-order valence-electron chi connectivity index (χ4n) is 2.54. The number of benzene rings is 1. The van der Waals surface area contributed by atoms with Crippen LogP contribution in [-0.4, -0.2) is 0 Å². The van der Waals surface area contributed by atoms with Gasteiger partial charge in [-0.1, -0.05) is 93.3 Å². The summed E-state index contributed by atoms with van der Waals surface area (Å²) in [4.78, 5) is 0. The maximum Gasteiger partial charge on any atom is 0.0175 e. The lowest BCUT2D eigenvalue weighted by atomic mass is 9.95. The van der Waals surface area contributed by atoms with Gasteiger partial charge in [0.15, 0.2) is 0 Å². The van der Waals surface area contributed by atoms with Gasteiger partial charge in [-0.2, -0.15) is 0 Å². The third-order valence-corrected chi connectivity index (χ3v) is 4.46. The second-order valence-corrected chi connectivity index (χ2v) is 6.63. The molecule has 0 aliphatic carbocycles. The van der Waals surface area contributed by atoms with Crippen LogP contribution in [0.4, 0.5) is 0 Å². The van der Waals surface area contributed by atoms with Gasteiger partial charge in [0.05, 0.1) is 0 Å². The Hall–Kier alpha value is -0.300. The van der Waals surface area contributed by atoms with Crippen LogP contribution in [0.15, 0.2) is 28.7 Å². The van der Waals surface area contributed by atoms with Crippen LogP contribution < -0.4 is 0 Å². The first-order valence-electron chi connectivity index (χ1n) is 7.99. The first kappa shape index (κ1) is 16.8. The molecule has 1 atom stereocenters. The maximum absolute atomic E-state index is 3.49. The monoisotopic (exact) mass is 324 g/mol. The minimum atomic E-state index is 0.702. The van der Waals surface area contributed by atoms with Gasteiger partial charge in [0.25, 0.3) is 0 Å². The van der Waals surface area contributed by atoms with Crippen LogP contribution in [0.5, 0.6) is 0 Å². The van der Waals surface area contributed by atoms with Gasteiger partial charge in [-0.3, -0.25) is 0 Å². The molecule has 1 aromatic carbocycles. The van der Waals surface area contributed by atoms with Crippen molar-refractivity contribution >= 4 is 15.9 Å². The van der Waals surface area contributed by atoms with E-state index >= 15 is 0 Å². The lowest BCUT2D eigenvalue weighted by Crippen LogP contribution is -1.93. The van der Waals surface area contributed by atoms with Crippen molar-refractivity contribution in [2.45, 2.75) is 77.6 Å². The molecule has 0 radical (unpaired) electrons. The molecule has 1 rings (SSSR count). The molecular formula is C18H29Br. The SMILES string of the molecule is CCCCCCCCCCC(C)c1ccc(Br)cc1. The summed E-state index contributed by atoms with van der Waals surface area (Å²) in [6, 6.07) is 8.80. The van der Waals surface area contributed by atoms with E-state index < -0.39 is 0 Å². The lowest BCUT2D eigenvalue weighted by Gasteiger charge is -2.11. The molecule has 0 aliphatic heterocycles. The first-order valence-corrected chi connectivity index (χ1v) is 8.78. The van der Waals surface area contributed by atoms with Gasteiger partial charge in [0.2, 0.25) is 0 Å². The molecule has 1 heteroatoms. The number of unbranched alkanes of at least 4 members (excludes halogenated alkanes) is 7. The van der Waals surface area contributed by atoms with Crippen molar-refractivity contribution in [3.63, 3.8) is 0 Å². The summed E-state index contributed by atoms with van der Waals surface area (Å²) in [5, 5.41) is 0. The molecular weight excluding hydrogens is 296 g/mol. The summed E-state index contributed by atoms with van der Waals surface area (Å²) in [7, 11) is 0. The van der Waals surface area contributed by atoms with Gasteiger partial charge in [-0.25, -0.2) is 0 Å². The molecule has 0 saturated carbocycles. The molecule has 0 spiro atoms. The number of hydrogen-bond donors (Lipinski definition) is 0. The summed E-state index contributed by atoms with van der Waals surface area (Å²) >= 11 is 3.49. The molecule has 0 heterocycles. The minimum Gasteiger partial charge on any atom is -0.0654 e. The zero-order valence-electron chi connectivity index (χ0n) is 12.6. The Morgan fingerprint density at radius 3 is 1.95 bits per heavy atom. The Kier molecular flexibility index (Phi) is 9.24. The van der Waals surface area contributed by atoms with Crippen molar-refractivity contribution in [3.8, 4) is 0 Å². The molecule has 108 valence electrons. The van der Waals surface area contributed by atoms with Crippen LogP contribution >= 0.6 is 15.9 Å². The van der Waals surface area contributed by atoms with E-state index in [1.165, 1.54) is 67.8 Å². The summed E-state index contributed by atoms with van der Waals surface area (Å²) in [6.45, 7) is 4.63. The normalized spacial score (nSPS) is 12.6. The van der Waals surface area contributed by atoms with Gasteiger partial charge >= 0.3 is 0 Å². The zero-order chi connectivity index (χ0) is 13.9. The topological polar surface area (TPSA) is 0 Å². The van der Waals surface area contributed by atoms with E-state index in [-0.39, 0.29) is 0 Å². The molecule has 0 bridgehead atoms. The first-order chi connectivity index (χ1) is 9.24. The molecule has 1 unspecified atom stereocenters. The largest absolute Gasteiger partial charge is 0.0654 e. The summed E-state index contributed by atoms with van der Waals surface area (Å²) in [5.74, 6) is 0.702. The van der Waals surface area contributed by atoms with Gasteiger partial charge in [-0.05, 0) is 30.0 Å². The third kappa shape index (κ3) is 7.77. The van der Waals surface area contributed by atoms with E-state index in [1.807, 2.05) is 0 Å². The number of hydrogen-bond acceptors (Lipinski definition) is 0. The van der Waals surface area contributed by atoms with Gasteiger partial charge in [0.1, 0.15) is 0 Å². The van der Waals surface area contributed by atoms with Crippen molar-refractivity contribution in [2.75, 3.05) is 0 Å². The summed E-state index contributed by atoms with van der Waals surface area (Å²) < 4.78 is 1.18. The fraction of sp³-hybridized carbons (Fsp3) is 0.667. The van der Waals surface area contributed by atoms with Crippen molar-refractivity contribution < 1.29 is 0 Å². The van der Waals surface area contributed by atoms with Gasteiger partial charge < -0.3 is 0 Å². The van der Waals surface area contributed by atoms with Crippen LogP contribution in [0, 0.1) is 0 Å². The Morgan fingerprint density at radius 1 is 0.842 bits per heavy atom. The van der Waals surface area contributed by atoms with E-state index in [9.17, 15) is 0 Å². The highest BCUT2D eigenvalue weighted by molar-refractivity contribution is 9.10. The summed E-state index contributed by atoms with van der Waals surface area (Å²) in [6.07, 6.45) is 12.6. The summed E-state index contributed by atoms with van der Waals surface area (Å²) in [5.41, 5.74) is 1.48. The number of halogens is 1. The maximum atomic E-state index is 3.49. The van der Waals surface area contributed by atoms with Gasteiger partial charge in [-0.15, -0.1) is 0 Å². The highest BCUT2D eigenvalue weighted by Crippen LogP contribution is 2.23. The highest BCUT2D eigenvalue weighted by atomic mass is 79.9. The van der Waals surface area contributed by atoms with Crippen LogP contribution in [0.25, 0.3) is 0 Å². The average Bonchev–Trinajstić information content (AvgIpc) is 2.42. The average molecular weight is 325 g/mol. The Balaban J connectivity index is 2.04. The van der Waals surface area contributed by atoms with E-state index in [2.05, 4.69) is 54.0 Å². The van der Waals surface area contributed by atoms with Crippen LogP contribution in [0.3, 0.4) is 0 Å². The van der Waals surface area contributed by atoms with Crippen LogP contribution in [0.1, 0.15) is 83.1 Å². The Labute approximate surface area is 128 Å². The van der Waals surface area contributed by atoms with Crippen molar-refractivity contribution in [1.82, 2.24) is 0 Å². The van der Waals surface area contributed by atoms with Gasteiger partial charge in [0, 0.05) is 4.47 Å². The van der Waals surface area contributed by atoms with E-state index in [0.717, 1.165) is 0 Å².